The number of aromatic nitrogens is 4. The molecule has 3 heterocycles. The van der Waals surface area contributed by atoms with Crippen LogP contribution in [0.3, 0.4) is 0 Å². The molecule has 2 saturated carbocycles. The summed E-state index contributed by atoms with van der Waals surface area (Å²) >= 11 is 0. The summed E-state index contributed by atoms with van der Waals surface area (Å²) < 4.78 is 11.8. The van der Waals surface area contributed by atoms with Crippen molar-refractivity contribution in [3.05, 3.63) is 17.8 Å². The minimum absolute atomic E-state index is 0.00946. The van der Waals surface area contributed by atoms with Gasteiger partial charge < -0.3 is 25.2 Å². The molecule has 2 bridgehead atoms. The molecule has 6 atom stereocenters. The van der Waals surface area contributed by atoms with Crippen LogP contribution in [0, 0.1) is 24.7 Å². The summed E-state index contributed by atoms with van der Waals surface area (Å²) in [5, 5.41) is 24.9. The van der Waals surface area contributed by atoms with E-state index in [1.165, 1.54) is 0 Å². The Bertz CT molecular complexity index is 955. The molecule has 9 nitrogen and oxygen atoms in total. The average molecular weight is 457 g/mol. The summed E-state index contributed by atoms with van der Waals surface area (Å²) in [7, 11) is 0. The Morgan fingerprint density at radius 2 is 2.09 bits per heavy atom. The Labute approximate surface area is 195 Å². The molecule has 2 aliphatic carbocycles. The third-order valence-corrected chi connectivity index (χ3v) is 7.26. The summed E-state index contributed by atoms with van der Waals surface area (Å²) in [6.07, 6.45) is 5.89. The summed E-state index contributed by atoms with van der Waals surface area (Å²) in [5.74, 6) is 3.86. The van der Waals surface area contributed by atoms with Crippen LogP contribution in [-0.4, -0.2) is 56.2 Å². The molecule has 33 heavy (non-hydrogen) atoms. The van der Waals surface area contributed by atoms with Gasteiger partial charge in [-0.3, -0.25) is 5.10 Å². The van der Waals surface area contributed by atoms with Gasteiger partial charge in [0.2, 0.25) is 11.8 Å². The van der Waals surface area contributed by atoms with Crippen molar-refractivity contribution in [1.82, 2.24) is 20.2 Å². The largest absolute Gasteiger partial charge is 0.472 e. The minimum atomic E-state index is -0.592. The number of hydrogen-bond donors (Lipinski definition) is 4. The van der Waals surface area contributed by atoms with Crippen molar-refractivity contribution in [2.45, 2.75) is 77.0 Å². The second-order valence-corrected chi connectivity index (χ2v) is 10.6. The Balaban J connectivity index is 1.38. The van der Waals surface area contributed by atoms with Crippen LogP contribution in [0.4, 0.5) is 17.6 Å². The van der Waals surface area contributed by atoms with E-state index in [0.29, 0.717) is 47.8 Å². The van der Waals surface area contributed by atoms with Crippen LogP contribution < -0.4 is 15.4 Å². The van der Waals surface area contributed by atoms with E-state index < -0.39 is 5.60 Å². The molecule has 3 fully saturated rings. The van der Waals surface area contributed by atoms with E-state index in [-0.39, 0.29) is 12.1 Å². The Morgan fingerprint density at radius 1 is 1.21 bits per heavy atom. The second kappa shape index (κ2) is 9.10. The summed E-state index contributed by atoms with van der Waals surface area (Å²) in [6, 6.07) is 3.95. The zero-order valence-corrected chi connectivity index (χ0v) is 19.8. The molecule has 0 aromatic carbocycles. The van der Waals surface area contributed by atoms with Crippen LogP contribution in [0.2, 0.25) is 0 Å². The molecule has 9 heteroatoms. The maximum Gasteiger partial charge on any atom is 0.228 e. The second-order valence-electron chi connectivity index (χ2n) is 10.6. The number of nitrogens with zero attached hydrogens (tertiary/aromatic N) is 3. The zero-order chi connectivity index (χ0) is 23.0. The first kappa shape index (κ1) is 22.4. The standard InChI is InChI=1S/C24H36N6O3/c1-14-7-16-9-17(12-24(3,31)11-16)22(14)28-23-26-19(25-20-8-15(2)29-30-20)10-21(27-23)33-18-5-4-6-32-13-18/h8,10,14,16-18,22,31H,4-7,9,11-13H2,1-3H3,(H3,25,26,27,28,29,30). The van der Waals surface area contributed by atoms with E-state index in [2.05, 4.69) is 27.8 Å². The quantitative estimate of drug-likeness (QED) is 0.519. The van der Waals surface area contributed by atoms with Gasteiger partial charge in [-0.2, -0.15) is 15.1 Å². The molecule has 6 unspecified atom stereocenters. The van der Waals surface area contributed by atoms with Gasteiger partial charge in [-0.05, 0) is 70.1 Å². The van der Waals surface area contributed by atoms with Gasteiger partial charge in [-0.1, -0.05) is 6.92 Å². The van der Waals surface area contributed by atoms with Crippen molar-refractivity contribution in [3.8, 4) is 5.88 Å². The first-order valence-electron chi connectivity index (χ1n) is 12.2. The van der Waals surface area contributed by atoms with Gasteiger partial charge in [0, 0.05) is 30.5 Å². The zero-order valence-electron chi connectivity index (χ0n) is 19.8. The number of fused-ring (bicyclic) bond motifs is 2. The molecular formula is C24H36N6O3. The van der Waals surface area contributed by atoms with Crippen molar-refractivity contribution in [3.63, 3.8) is 0 Å². The fourth-order valence-corrected chi connectivity index (χ4v) is 6.07. The maximum absolute atomic E-state index is 10.8. The van der Waals surface area contributed by atoms with Crippen LogP contribution >= 0.6 is 0 Å². The van der Waals surface area contributed by atoms with Gasteiger partial charge in [0.05, 0.1) is 12.2 Å². The predicted molar refractivity (Wildman–Crippen MR) is 126 cm³/mol. The molecule has 0 radical (unpaired) electrons. The first-order chi connectivity index (χ1) is 15.8. The topological polar surface area (TPSA) is 117 Å². The van der Waals surface area contributed by atoms with Gasteiger partial charge in [0.1, 0.15) is 11.9 Å². The Kier molecular flexibility index (Phi) is 6.18. The molecule has 3 aliphatic rings. The normalized spacial score (nSPS) is 34.0. The highest BCUT2D eigenvalue weighted by Crippen LogP contribution is 2.47. The van der Waals surface area contributed by atoms with E-state index >= 15 is 0 Å². The van der Waals surface area contributed by atoms with E-state index in [0.717, 1.165) is 50.8 Å². The van der Waals surface area contributed by atoms with E-state index in [1.807, 2.05) is 26.0 Å². The maximum atomic E-state index is 10.8. The van der Waals surface area contributed by atoms with E-state index in [4.69, 9.17) is 19.4 Å². The number of aromatic amines is 1. The fourth-order valence-electron chi connectivity index (χ4n) is 6.07. The predicted octanol–water partition coefficient (Wildman–Crippen LogP) is 3.80. The van der Waals surface area contributed by atoms with Crippen LogP contribution in [0.25, 0.3) is 0 Å². The molecule has 180 valence electrons. The summed E-state index contributed by atoms with van der Waals surface area (Å²) in [5.41, 5.74) is 0.376. The lowest BCUT2D eigenvalue weighted by Gasteiger charge is -2.49. The van der Waals surface area contributed by atoms with Gasteiger partial charge in [0.25, 0.3) is 0 Å². The van der Waals surface area contributed by atoms with E-state index in [1.54, 1.807) is 0 Å². The van der Waals surface area contributed by atoms with Crippen molar-refractivity contribution in [1.29, 1.82) is 0 Å². The highest BCUT2D eigenvalue weighted by Gasteiger charge is 2.45. The van der Waals surface area contributed by atoms with Gasteiger partial charge >= 0.3 is 0 Å². The fraction of sp³-hybridized carbons (Fsp3) is 0.708. The molecule has 1 saturated heterocycles. The minimum Gasteiger partial charge on any atom is -0.472 e. The van der Waals surface area contributed by atoms with Crippen molar-refractivity contribution < 1.29 is 14.6 Å². The first-order valence-corrected chi connectivity index (χ1v) is 12.2. The number of rotatable bonds is 6. The summed E-state index contributed by atoms with van der Waals surface area (Å²) in [6.45, 7) is 7.59. The number of nitrogens with one attached hydrogen (secondary N) is 3. The highest BCUT2D eigenvalue weighted by atomic mass is 16.5. The van der Waals surface area contributed by atoms with Crippen LogP contribution in [-0.2, 0) is 4.74 Å². The molecule has 4 N–H and O–H groups in total. The summed E-state index contributed by atoms with van der Waals surface area (Å²) in [4.78, 5) is 9.46. The highest BCUT2D eigenvalue weighted by molar-refractivity contribution is 5.55. The molecule has 5 rings (SSSR count). The lowest BCUT2D eigenvalue weighted by atomic mass is 9.61. The van der Waals surface area contributed by atoms with Gasteiger partial charge in [-0.15, -0.1) is 0 Å². The van der Waals surface area contributed by atoms with E-state index in [9.17, 15) is 5.11 Å². The molecular weight excluding hydrogens is 420 g/mol. The Morgan fingerprint density at radius 3 is 2.85 bits per heavy atom. The third kappa shape index (κ3) is 5.41. The van der Waals surface area contributed by atoms with Gasteiger partial charge in [-0.25, -0.2) is 0 Å². The van der Waals surface area contributed by atoms with Crippen LogP contribution in [0.5, 0.6) is 5.88 Å². The molecule has 2 aromatic heterocycles. The molecule has 0 amide bonds. The molecule has 0 spiro atoms. The van der Waals surface area contributed by atoms with Crippen molar-refractivity contribution in [2.75, 3.05) is 23.8 Å². The lowest BCUT2D eigenvalue weighted by molar-refractivity contribution is -0.0502. The number of ether oxygens (including phenoxy) is 2. The average Bonchev–Trinajstić information content (AvgIpc) is 3.15. The monoisotopic (exact) mass is 456 g/mol. The molecule has 1 aliphatic heterocycles. The van der Waals surface area contributed by atoms with Gasteiger partial charge in [0.15, 0.2) is 5.82 Å². The van der Waals surface area contributed by atoms with Crippen molar-refractivity contribution >= 4 is 17.6 Å². The number of H-pyrrole nitrogens is 1. The Hall–Kier alpha value is -2.39. The van der Waals surface area contributed by atoms with Crippen molar-refractivity contribution in [2.24, 2.45) is 17.8 Å². The molecule has 2 aromatic rings. The number of anilines is 3. The lowest BCUT2D eigenvalue weighted by Crippen LogP contribution is -2.50. The smallest absolute Gasteiger partial charge is 0.228 e. The number of aryl methyl sites for hydroxylation is 1. The number of hydrogen-bond acceptors (Lipinski definition) is 8. The third-order valence-electron chi connectivity index (χ3n) is 7.26. The van der Waals surface area contributed by atoms with Crippen LogP contribution in [0.1, 0.15) is 58.1 Å². The SMILES string of the molecule is Cc1cc(Nc2cc(OC3CCCOC3)nc(NC3C(C)CC4CC3CC(C)(O)C4)n2)n[nH]1. The number of aliphatic hydroxyl groups is 1. The van der Waals surface area contributed by atoms with Crippen LogP contribution in [0.15, 0.2) is 12.1 Å².